The lowest BCUT2D eigenvalue weighted by molar-refractivity contribution is -0.139. The molecule has 1 N–H and O–H groups in total. The number of carboxylic acid groups (broad SMARTS) is 1. The van der Waals surface area contributed by atoms with Crippen LogP contribution >= 0.6 is 0 Å². The number of methoxy groups -OCH3 is 2. The molecule has 1 rings (SSSR count). The number of benzene rings is 1. The number of nitrogens with zero attached hydrogens (tertiary/aromatic N) is 3. The summed E-state index contributed by atoms with van der Waals surface area (Å²) in [5, 5.41) is 12.5. The van der Waals surface area contributed by atoms with Gasteiger partial charge in [-0.05, 0) is 23.4 Å². The van der Waals surface area contributed by atoms with E-state index in [1.54, 1.807) is 0 Å². The highest BCUT2D eigenvalue weighted by Crippen LogP contribution is 2.28. The molecule has 1 unspecified atom stereocenters. The standard InChI is InChI=1S/C14H19N3O4/c1-20-13(21-2)9-11(10-6-4-3-5-7-10)8-12(14(18)19)16-17-15/h3-7,11-13H,8-9H2,1-2H3,(H,18,19)/t11?,12-/m0/s1. The monoisotopic (exact) mass is 293 g/mol. The first-order chi connectivity index (χ1) is 10.1. The summed E-state index contributed by atoms with van der Waals surface area (Å²) in [7, 11) is 3.05. The van der Waals surface area contributed by atoms with Gasteiger partial charge in [-0.15, -0.1) is 0 Å². The average Bonchev–Trinajstić information content (AvgIpc) is 2.51. The van der Waals surface area contributed by atoms with Crippen LogP contribution in [-0.4, -0.2) is 37.6 Å². The third-order valence-electron chi connectivity index (χ3n) is 3.26. The first-order valence-electron chi connectivity index (χ1n) is 6.49. The summed E-state index contributed by atoms with van der Waals surface area (Å²) in [5.41, 5.74) is 9.44. The van der Waals surface area contributed by atoms with Crippen molar-refractivity contribution in [2.24, 2.45) is 5.11 Å². The van der Waals surface area contributed by atoms with Crippen LogP contribution in [0.3, 0.4) is 0 Å². The number of hydrogen-bond donors (Lipinski definition) is 1. The van der Waals surface area contributed by atoms with Crippen LogP contribution in [0.4, 0.5) is 0 Å². The molecule has 7 nitrogen and oxygen atoms in total. The van der Waals surface area contributed by atoms with Gasteiger partial charge >= 0.3 is 5.97 Å². The van der Waals surface area contributed by atoms with E-state index in [1.165, 1.54) is 14.2 Å². The predicted molar refractivity (Wildman–Crippen MR) is 76.8 cm³/mol. The van der Waals surface area contributed by atoms with Crippen molar-refractivity contribution in [3.05, 3.63) is 46.3 Å². The van der Waals surface area contributed by atoms with Crippen LogP contribution in [0.25, 0.3) is 10.4 Å². The zero-order valence-corrected chi connectivity index (χ0v) is 12.0. The minimum Gasteiger partial charge on any atom is -0.481 e. The zero-order chi connectivity index (χ0) is 15.7. The van der Waals surface area contributed by atoms with E-state index in [-0.39, 0.29) is 12.3 Å². The minimum absolute atomic E-state index is 0.150. The van der Waals surface area contributed by atoms with Crippen molar-refractivity contribution in [2.45, 2.75) is 31.1 Å². The highest BCUT2D eigenvalue weighted by Gasteiger charge is 2.25. The third kappa shape index (κ3) is 5.43. The molecule has 1 aromatic rings. The van der Waals surface area contributed by atoms with Crippen molar-refractivity contribution in [3.8, 4) is 0 Å². The van der Waals surface area contributed by atoms with E-state index in [0.29, 0.717) is 6.42 Å². The van der Waals surface area contributed by atoms with Gasteiger partial charge in [-0.3, -0.25) is 4.79 Å². The molecule has 0 radical (unpaired) electrons. The number of carboxylic acids is 1. The Morgan fingerprint density at radius 3 is 2.38 bits per heavy atom. The molecule has 0 saturated carbocycles. The highest BCUT2D eigenvalue weighted by molar-refractivity contribution is 5.73. The van der Waals surface area contributed by atoms with Crippen molar-refractivity contribution in [1.82, 2.24) is 0 Å². The smallest absolute Gasteiger partial charge is 0.312 e. The Labute approximate surface area is 123 Å². The van der Waals surface area contributed by atoms with Gasteiger partial charge in [-0.25, -0.2) is 0 Å². The van der Waals surface area contributed by atoms with Crippen LogP contribution in [0.1, 0.15) is 24.3 Å². The maximum Gasteiger partial charge on any atom is 0.312 e. The second-order valence-electron chi connectivity index (χ2n) is 4.54. The normalized spacial score (nSPS) is 13.5. The first kappa shape index (κ1) is 17.0. The number of rotatable bonds is 9. The quantitative estimate of drug-likeness (QED) is 0.327. The molecule has 0 aliphatic carbocycles. The molecule has 114 valence electrons. The average molecular weight is 293 g/mol. The molecule has 0 bridgehead atoms. The Balaban J connectivity index is 2.95. The number of azide groups is 1. The van der Waals surface area contributed by atoms with E-state index in [4.69, 9.17) is 20.1 Å². The molecule has 0 spiro atoms. The van der Waals surface area contributed by atoms with Gasteiger partial charge in [0.25, 0.3) is 0 Å². The molecule has 21 heavy (non-hydrogen) atoms. The summed E-state index contributed by atoms with van der Waals surface area (Å²) in [6.07, 6.45) is 0.213. The van der Waals surface area contributed by atoms with E-state index in [9.17, 15) is 4.79 Å². The van der Waals surface area contributed by atoms with Gasteiger partial charge in [-0.1, -0.05) is 35.4 Å². The van der Waals surface area contributed by atoms with E-state index >= 15 is 0 Å². The summed E-state index contributed by atoms with van der Waals surface area (Å²) in [5.74, 6) is -1.29. The Morgan fingerprint density at radius 2 is 1.90 bits per heavy atom. The lowest BCUT2D eigenvalue weighted by Gasteiger charge is -2.23. The molecule has 0 aliphatic rings. The fraction of sp³-hybridized carbons (Fsp3) is 0.500. The van der Waals surface area contributed by atoms with Gasteiger partial charge in [0, 0.05) is 25.6 Å². The van der Waals surface area contributed by atoms with Crippen LogP contribution in [-0.2, 0) is 14.3 Å². The van der Waals surface area contributed by atoms with Gasteiger partial charge in [-0.2, -0.15) is 0 Å². The lowest BCUT2D eigenvalue weighted by atomic mass is 9.89. The molecule has 0 amide bonds. The molecule has 0 aliphatic heterocycles. The molecule has 2 atom stereocenters. The van der Waals surface area contributed by atoms with Gasteiger partial charge < -0.3 is 14.6 Å². The largest absolute Gasteiger partial charge is 0.481 e. The summed E-state index contributed by atoms with van der Waals surface area (Å²) in [4.78, 5) is 13.8. The summed E-state index contributed by atoms with van der Waals surface area (Å²) in [6, 6.07) is 8.33. The number of hydrogen-bond acceptors (Lipinski definition) is 4. The van der Waals surface area contributed by atoms with E-state index in [1.807, 2.05) is 30.3 Å². The highest BCUT2D eigenvalue weighted by atomic mass is 16.7. The Bertz CT molecular complexity index is 482. The molecule has 0 fully saturated rings. The molecular formula is C14H19N3O4. The number of aliphatic carboxylic acids is 1. The number of ether oxygens (including phenoxy) is 2. The van der Waals surface area contributed by atoms with Crippen LogP contribution in [0, 0.1) is 0 Å². The van der Waals surface area contributed by atoms with Gasteiger partial charge in [0.1, 0.15) is 6.04 Å². The van der Waals surface area contributed by atoms with Crippen molar-refractivity contribution in [1.29, 1.82) is 0 Å². The van der Waals surface area contributed by atoms with Crippen molar-refractivity contribution in [3.63, 3.8) is 0 Å². The van der Waals surface area contributed by atoms with Gasteiger partial charge in [0.05, 0.1) is 0 Å². The van der Waals surface area contributed by atoms with Crippen molar-refractivity contribution >= 4 is 5.97 Å². The summed E-state index contributed by atoms with van der Waals surface area (Å²) >= 11 is 0. The van der Waals surface area contributed by atoms with Crippen LogP contribution in [0.2, 0.25) is 0 Å². The molecular weight excluding hydrogens is 274 g/mol. The minimum atomic E-state index is -1.14. The van der Waals surface area contributed by atoms with Gasteiger partial charge in [0.15, 0.2) is 6.29 Å². The maximum atomic E-state index is 11.2. The maximum absolute atomic E-state index is 11.2. The Morgan fingerprint density at radius 1 is 1.29 bits per heavy atom. The molecule has 1 aromatic carbocycles. The second kappa shape index (κ2) is 8.97. The molecule has 0 aromatic heterocycles. The van der Waals surface area contributed by atoms with Crippen molar-refractivity contribution < 1.29 is 19.4 Å². The predicted octanol–water partition coefficient (Wildman–Crippen LogP) is 2.93. The first-order valence-corrected chi connectivity index (χ1v) is 6.49. The molecule has 0 heterocycles. The second-order valence-corrected chi connectivity index (χ2v) is 4.54. The topological polar surface area (TPSA) is 105 Å². The van der Waals surface area contributed by atoms with E-state index < -0.39 is 18.3 Å². The summed E-state index contributed by atoms with van der Waals surface area (Å²) < 4.78 is 10.4. The fourth-order valence-corrected chi connectivity index (χ4v) is 2.14. The number of carbonyl (C=O) groups is 1. The van der Waals surface area contributed by atoms with Crippen LogP contribution in [0.15, 0.2) is 35.4 Å². The SMILES string of the molecule is COC(CC(C[C@H](N=[N+]=[N-])C(=O)O)c1ccccc1)OC. The Kier molecular flexibility index (Phi) is 7.25. The van der Waals surface area contributed by atoms with Crippen LogP contribution in [0.5, 0.6) is 0 Å². The summed E-state index contributed by atoms with van der Waals surface area (Å²) in [6.45, 7) is 0. The zero-order valence-electron chi connectivity index (χ0n) is 12.0. The molecule has 0 saturated heterocycles. The lowest BCUT2D eigenvalue weighted by Crippen LogP contribution is -2.24. The van der Waals surface area contributed by atoms with E-state index in [0.717, 1.165) is 5.56 Å². The van der Waals surface area contributed by atoms with Gasteiger partial charge in [0.2, 0.25) is 0 Å². The molecule has 7 heteroatoms. The van der Waals surface area contributed by atoms with Crippen molar-refractivity contribution in [2.75, 3.05) is 14.2 Å². The Hall–Kier alpha value is -2.08. The fourth-order valence-electron chi connectivity index (χ4n) is 2.14. The van der Waals surface area contributed by atoms with E-state index in [2.05, 4.69) is 10.0 Å². The van der Waals surface area contributed by atoms with Crippen LogP contribution < -0.4 is 0 Å². The third-order valence-corrected chi connectivity index (χ3v) is 3.26.